The van der Waals surface area contributed by atoms with E-state index in [0.29, 0.717) is 16.9 Å². The van der Waals surface area contributed by atoms with E-state index in [0.717, 1.165) is 17.8 Å². The van der Waals surface area contributed by atoms with Crippen LogP contribution in [0.3, 0.4) is 0 Å². The number of benzene rings is 2. The number of hydrogen-bond donors (Lipinski definition) is 1. The molecule has 0 aliphatic heterocycles. The molecular weight excluding hydrogens is 291 g/mol. The van der Waals surface area contributed by atoms with Gasteiger partial charge in [0.25, 0.3) is 0 Å². The highest BCUT2D eigenvalue weighted by atomic mass is 19.4. The zero-order valence-electron chi connectivity index (χ0n) is 11.4. The van der Waals surface area contributed by atoms with E-state index in [1.54, 1.807) is 6.07 Å². The van der Waals surface area contributed by atoms with Gasteiger partial charge in [-0.05, 0) is 29.8 Å². The topological polar surface area (TPSA) is 43.8 Å². The molecule has 3 aromatic rings. The molecule has 0 aliphatic carbocycles. The molecule has 0 aliphatic rings. The summed E-state index contributed by atoms with van der Waals surface area (Å²) < 4.78 is 39.9. The van der Waals surface area contributed by atoms with Crippen molar-refractivity contribution in [3.05, 3.63) is 66.4 Å². The number of rotatable bonds is 2. The molecule has 0 radical (unpaired) electrons. The normalized spacial score (nSPS) is 11.6. The molecule has 3 rings (SSSR count). The molecule has 3 nitrogen and oxygen atoms in total. The highest BCUT2D eigenvalue weighted by molar-refractivity contribution is 5.75. The standard InChI is InChI=1S/C16H12F3N3/c17-16(18,19)12-6-4-5-11(9-12)14-10-21-22(15(14)20)13-7-2-1-3-8-13/h1-10H,20H2. The van der Waals surface area contributed by atoms with E-state index in [4.69, 9.17) is 5.73 Å². The Hall–Kier alpha value is -2.76. The lowest BCUT2D eigenvalue weighted by Gasteiger charge is -2.09. The van der Waals surface area contributed by atoms with Gasteiger partial charge in [0.15, 0.2) is 0 Å². The molecule has 0 bridgehead atoms. The minimum atomic E-state index is -4.39. The summed E-state index contributed by atoms with van der Waals surface area (Å²) in [4.78, 5) is 0. The van der Waals surface area contributed by atoms with Crippen LogP contribution in [0.25, 0.3) is 16.8 Å². The second kappa shape index (κ2) is 5.22. The summed E-state index contributed by atoms with van der Waals surface area (Å²) in [6.45, 7) is 0. The summed E-state index contributed by atoms with van der Waals surface area (Å²) in [6, 6.07) is 14.2. The average molecular weight is 303 g/mol. The first-order chi connectivity index (χ1) is 10.5. The Bertz CT molecular complexity index is 792. The molecule has 0 amide bonds. The predicted molar refractivity (Wildman–Crippen MR) is 78.4 cm³/mol. The molecule has 0 saturated heterocycles. The van der Waals surface area contributed by atoms with Crippen molar-refractivity contribution in [2.24, 2.45) is 0 Å². The molecule has 0 fully saturated rings. The van der Waals surface area contributed by atoms with E-state index < -0.39 is 11.7 Å². The van der Waals surface area contributed by atoms with Gasteiger partial charge in [-0.3, -0.25) is 0 Å². The van der Waals surface area contributed by atoms with Crippen LogP contribution in [0.15, 0.2) is 60.8 Å². The maximum atomic E-state index is 12.8. The van der Waals surface area contributed by atoms with Crippen molar-refractivity contribution in [1.29, 1.82) is 0 Å². The Morgan fingerprint density at radius 3 is 2.36 bits per heavy atom. The summed E-state index contributed by atoms with van der Waals surface area (Å²) in [6.07, 6.45) is -2.92. The molecule has 1 aromatic heterocycles. The van der Waals surface area contributed by atoms with Gasteiger partial charge >= 0.3 is 6.18 Å². The van der Waals surface area contributed by atoms with E-state index in [9.17, 15) is 13.2 Å². The van der Waals surface area contributed by atoms with Crippen molar-refractivity contribution in [2.45, 2.75) is 6.18 Å². The van der Waals surface area contributed by atoms with Gasteiger partial charge in [0.2, 0.25) is 0 Å². The lowest BCUT2D eigenvalue weighted by atomic mass is 10.1. The number of anilines is 1. The minimum absolute atomic E-state index is 0.297. The largest absolute Gasteiger partial charge is 0.416 e. The maximum absolute atomic E-state index is 12.8. The number of nitrogens with two attached hydrogens (primary N) is 1. The van der Waals surface area contributed by atoms with Gasteiger partial charge in [0.05, 0.1) is 17.4 Å². The number of nitrogens with zero attached hydrogens (tertiary/aromatic N) is 2. The Kier molecular flexibility index (Phi) is 3.36. The summed E-state index contributed by atoms with van der Waals surface area (Å²) in [5.41, 5.74) is 6.93. The fourth-order valence-electron chi connectivity index (χ4n) is 2.22. The first-order valence-corrected chi connectivity index (χ1v) is 6.53. The number of aromatic nitrogens is 2. The Labute approximate surface area is 124 Å². The SMILES string of the molecule is Nc1c(-c2cccc(C(F)(F)F)c2)cnn1-c1ccccc1. The molecule has 0 atom stereocenters. The quantitative estimate of drug-likeness (QED) is 0.773. The van der Waals surface area contributed by atoms with Crippen LogP contribution in [0.5, 0.6) is 0 Å². The summed E-state index contributed by atoms with van der Waals surface area (Å²) in [5, 5.41) is 4.16. The Morgan fingerprint density at radius 2 is 1.68 bits per heavy atom. The van der Waals surface area contributed by atoms with Gasteiger partial charge in [-0.15, -0.1) is 0 Å². The molecule has 2 aromatic carbocycles. The van der Waals surface area contributed by atoms with E-state index in [2.05, 4.69) is 5.10 Å². The van der Waals surface area contributed by atoms with Crippen LogP contribution in [0.4, 0.5) is 19.0 Å². The first kappa shape index (κ1) is 14.2. The van der Waals surface area contributed by atoms with Crippen molar-refractivity contribution in [2.75, 3.05) is 5.73 Å². The van der Waals surface area contributed by atoms with Crippen LogP contribution in [0.2, 0.25) is 0 Å². The van der Waals surface area contributed by atoms with Crippen LogP contribution < -0.4 is 5.73 Å². The third-order valence-corrected chi connectivity index (χ3v) is 3.31. The van der Waals surface area contributed by atoms with Gasteiger partial charge in [-0.25, -0.2) is 4.68 Å². The zero-order chi connectivity index (χ0) is 15.7. The zero-order valence-corrected chi connectivity index (χ0v) is 11.4. The molecule has 1 heterocycles. The number of para-hydroxylation sites is 1. The third-order valence-electron chi connectivity index (χ3n) is 3.31. The number of alkyl halides is 3. The molecule has 22 heavy (non-hydrogen) atoms. The monoisotopic (exact) mass is 303 g/mol. The second-order valence-electron chi connectivity index (χ2n) is 4.77. The lowest BCUT2D eigenvalue weighted by Crippen LogP contribution is -2.05. The van der Waals surface area contributed by atoms with Gasteiger partial charge in [-0.1, -0.05) is 30.3 Å². The second-order valence-corrected chi connectivity index (χ2v) is 4.77. The fraction of sp³-hybridized carbons (Fsp3) is 0.0625. The molecule has 0 saturated carbocycles. The molecular formula is C16H12F3N3. The number of nitrogen functional groups attached to an aromatic ring is 1. The van der Waals surface area contributed by atoms with Gasteiger partial charge in [0, 0.05) is 5.56 Å². The van der Waals surface area contributed by atoms with Gasteiger partial charge in [-0.2, -0.15) is 18.3 Å². The van der Waals surface area contributed by atoms with E-state index in [1.807, 2.05) is 30.3 Å². The van der Waals surface area contributed by atoms with Crippen molar-refractivity contribution >= 4 is 5.82 Å². The molecule has 112 valence electrons. The third kappa shape index (κ3) is 2.55. The summed E-state index contributed by atoms with van der Waals surface area (Å²) in [7, 11) is 0. The highest BCUT2D eigenvalue weighted by Gasteiger charge is 2.30. The van der Waals surface area contributed by atoms with E-state index in [1.165, 1.54) is 16.9 Å². The van der Waals surface area contributed by atoms with Crippen LogP contribution in [0, 0.1) is 0 Å². The van der Waals surface area contributed by atoms with Crippen molar-refractivity contribution in [3.63, 3.8) is 0 Å². The number of hydrogen-bond acceptors (Lipinski definition) is 2. The van der Waals surface area contributed by atoms with Crippen LogP contribution in [-0.2, 0) is 6.18 Å². The summed E-state index contributed by atoms with van der Waals surface area (Å²) >= 11 is 0. The molecule has 0 unspecified atom stereocenters. The number of halogens is 3. The Morgan fingerprint density at radius 1 is 0.955 bits per heavy atom. The maximum Gasteiger partial charge on any atom is 0.416 e. The lowest BCUT2D eigenvalue weighted by molar-refractivity contribution is -0.137. The smallest absolute Gasteiger partial charge is 0.383 e. The van der Waals surface area contributed by atoms with E-state index in [-0.39, 0.29) is 0 Å². The minimum Gasteiger partial charge on any atom is -0.383 e. The Balaban J connectivity index is 2.06. The van der Waals surface area contributed by atoms with Crippen LogP contribution in [-0.4, -0.2) is 9.78 Å². The average Bonchev–Trinajstić information content (AvgIpc) is 2.89. The van der Waals surface area contributed by atoms with E-state index >= 15 is 0 Å². The first-order valence-electron chi connectivity index (χ1n) is 6.53. The van der Waals surface area contributed by atoms with Gasteiger partial charge in [0.1, 0.15) is 5.82 Å². The van der Waals surface area contributed by atoms with Crippen molar-refractivity contribution in [3.8, 4) is 16.8 Å². The molecule has 6 heteroatoms. The van der Waals surface area contributed by atoms with Gasteiger partial charge < -0.3 is 5.73 Å². The van der Waals surface area contributed by atoms with Crippen LogP contribution in [0.1, 0.15) is 5.56 Å². The summed E-state index contributed by atoms with van der Waals surface area (Å²) in [5.74, 6) is 0.297. The molecule has 2 N–H and O–H groups in total. The molecule has 0 spiro atoms. The van der Waals surface area contributed by atoms with Crippen molar-refractivity contribution in [1.82, 2.24) is 9.78 Å². The van der Waals surface area contributed by atoms with Crippen molar-refractivity contribution < 1.29 is 13.2 Å². The fourth-order valence-corrected chi connectivity index (χ4v) is 2.22. The van der Waals surface area contributed by atoms with Crippen LogP contribution >= 0.6 is 0 Å². The predicted octanol–water partition coefficient (Wildman–Crippen LogP) is 4.14. The highest BCUT2D eigenvalue weighted by Crippen LogP contribution is 2.34.